The second-order valence-corrected chi connectivity index (χ2v) is 9.59. The van der Waals surface area contributed by atoms with Gasteiger partial charge in [-0.05, 0) is 37.1 Å². The van der Waals surface area contributed by atoms with Crippen molar-refractivity contribution in [3.8, 4) is 0 Å². The van der Waals surface area contributed by atoms with Crippen molar-refractivity contribution in [2.45, 2.75) is 42.8 Å². The van der Waals surface area contributed by atoms with Gasteiger partial charge in [-0.2, -0.15) is 0 Å². The van der Waals surface area contributed by atoms with Crippen LogP contribution < -0.4 is 0 Å². The van der Waals surface area contributed by atoms with E-state index in [4.69, 9.17) is 0 Å². The van der Waals surface area contributed by atoms with Gasteiger partial charge in [0.15, 0.2) is 5.16 Å². The molecule has 0 saturated carbocycles. The molecule has 27 heavy (non-hydrogen) atoms. The molecular formula is C20H22BrN3OS2. The van der Waals surface area contributed by atoms with Gasteiger partial charge >= 0.3 is 0 Å². The van der Waals surface area contributed by atoms with E-state index in [0.29, 0.717) is 11.5 Å². The first-order valence-electron chi connectivity index (χ1n) is 8.75. The van der Waals surface area contributed by atoms with Crippen molar-refractivity contribution >= 4 is 38.5 Å². The van der Waals surface area contributed by atoms with Gasteiger partial charge in [0.05, 0.1) is 5.75 Å². The molecule has 0 radical (unpaired) electrons. The molecule has 0 fully saturated rings. The second kappa shape index (κ2) is 9.66. The Morgan fingerprint density at radius 3 is 2.33 bits per heavy atom. The average molecular weight is 464 g/mol. The van der Waals surface area contributed by atoms with Gasteiger partial charge in [0.25, 0.3) is 0 Å². The van der Waals surface area contributed by atoms with Crippen LogP contribution in [0.2, 0.25) is 0 Å². The van der Waals surface area contributed by atoms with Gasteiger partial charge in [0.2, 0.25) is 0 Å². The van der Waals surface area contributed by atoms with Crippen LogP contribution in [-0.4, -0.2) is 19.0 Å². The first-order chi connectivity index (χ1) is 13.0. The van der Waals surface area contributed by atoms with Crippen molar-refractivity contribution in [2.75, 3.05) is 0 Å². The Labute approximate surface area is 175 Å². The molecule has 2 aromatic carbocycles. The predicted octanol–water partition coefficient (Wildman–Crippen LogP) is 5.11. The highest BCUT2D eigenvalue weighted by atomic mass is 79.9. The number of hydrogen-bond donors (Lipinski definition) is 0. The van der Waals surface area contributed by atoms with Crippen LogP contribution in [0.3, 0.4) is 0 Å². The number of halogens is 1. The van der Waals surface area contributed by atoms with E-state index in [1.54, 1.807) is 11.8 Å². The maximum Gasteiger partial charge on any atom is 0.191 e. The minimum Gasteiger partial charge on any atom is -0.306 e. The molecule has 0 aliphatic heterocycles. The molecular weight excluding hydrogens is 442 g/mol. The molecule has 0 N–H and O–H groups in total. The van der Waals surface area contributed by atoms with Crippen LogP contribution in [0, 0.1) is 6.92 Å². The zero-order valence-corrected chi connectivity index (χ0v) is 18.6. The summed E-state index contributed by atoms with van der Waals surface area (Å²) in [5.74, 6) is 2.58. The van der Waals surface area contributed by atoms with Crippen LogP contribution in [0.15, 0.2) is 58.2 Å². The molecule has 1 heterocycles. The van der Waals surface area contributed by atoms with Gasteiger partial charge in [0, 0.05) is 33.3 Å². The summed E-state index contributed by atoms with van der Waals surface area (Å²) in [6, 6.07) is 16.5. The van der Waals surface area contributed by atoms with E-state index < -0.39 is 10.8 Å². The molecule has 0 saturated heterocycles. The van der Waals surface area contributed by atoms with E-state index in [0.717, 1.165) is 33.3 Å². The summed E-state index contributed by atoms with van der Waals surface area (Å²) in [6.45, 7) is 4.93. The van der Waals surface area contributed by atoms with Gasteiger partial charge in [-0.15, -0.1) is 10.2 Å². The largest absolute Gasteiger partial charge is 0.306 e. The van der Waals surface area contributed by atoms with Gasteiger partial charge in [-0.3, -0.25) is 4.21 Å². The Morgan fingerprint density at radius 1 is 1.00 bits per heavy atom. The number of rotatable bonds is 8. The van der Waals surface area contributed by atoms with Crippen LogP contribution in [0.5, 0.6) is 0 Å². The summed E-state index contributed by atoms with van der Waals surface area (Å²) in [5.41, 5.74) is 3.58. The minimum atomic E-state index is -1.02. The third-order valence-electron chi connectivity index (χ3n) is 4.13. The van der Waals surface area contributed by atoms with Crippen LogP contribution in [0.4, 0.5) is 0 Å². The Morgan fingerprint density at radius 2 is 1.67 bits per heavy atom. The van der Waals surface area contributed by atoms with Gasteiger partial charge in [0.1, 0.15) is 5.82 Å². The zero-order valence-electron chi connectivity index (χ0n) is 15.4. The van der Waals surface area contributed by atoms with Crippen LogP contribution in [0.25, 0.3) is 0 Å². The molecule has 0 aliphatic rings. The lowest BCUT2D eigenvalue weighted by Crippen LogP contribution is -2.08. The van der Waals surface area contributed by atoms with E-state index in [1.165, 1.54) is 11.1 Å². The van der Waals surface area contributed by atoms with Crippen molar-refractivity contribution in [3.05, 3.63) is 75.5 Å². The summed E-state index contributed by atoms with van der Waals surface area (Å²) in [6.07, 6.45) is 0. The minimum absolute atomic E-state index is 0.419. The van der Waals surface area contributed by atoms with Crippen molar-refractivity contribution in [1.82, 2.24) is 14.8 Å². The summed E-state index contributed by atoms with van der Waals surface area (Å²) in [4.78, 5) is 0. The topological polar surface area (TPSA) is 47.8 Å². The fourth-order valence-electron chi connectivity index (χ4n) is 2.64. The summed E-state index contributed by atoms with van der Waals surface area (Å²) in [7, 11) is -1.02. The third-order valence-corrected chi connectivity index (χ3v) is 6.93. The maximum atomic E-state index is 12.6. The fraction of sp³-hybridized carbons (Fsp3) is 0.300. The van der Waals surface area contributed by atoms with Crippen molar-refractivity contribution in [3.63, 3.8) is 0 Å². The Balaban J connectivity index is 1.63. The zero-order chi connectivity index (χ0) is 19.2. The maximum absolute atomic E-state index is 12.6. The molecule has 3 rings (SSSR count). The van der Waals surface area contributed by atoms with E-state index in [9.17, 15) is 4.21 Å². The smallest absolute Gasteiger partial charge is 0.191 e. The van der Waals surface area contributed by atoms with E-state index in [2.05, 4.69) is 68.8 Å². The standard InChI is InChI=1S/C20H22BrN3OS2/c1-3-24-19(14-27(25)13-17-8-10-18(21)11-9-17)22-23-20(24)26-12-16-6-4-15(2)5-7-16/h4-11H,3,12-14H2,1-2H3/t27-/m1/s1. The molecule has 0 aliphatic carbocycles. The van der Waals surface area contributed by atoms with Gasteiger partial charge in [-0.25, -0.2) is 0 Å². The van der Waals surface area contributed by atoms with Crippen molar-refractivity contribution in [2.24, 2.45) is 0 Å². The molecule has 142 valence electrons. The van der Waals surface area contributed by atoms with Crippen LogP contribution in [0.1, 0.15) is 29.4 Å². The summed E-state index contributed by atoms with van der Waals surface area (Å²) >= 11 is 5.09. The van der Waals surface area contributed by atoms with E-state index >= 15 is 0 Å². The van der Waals surface area contributed by atoms with Crippen molar-refractivity contribution in [1.29, 1.82) is 0 Å². The van der Waals surface area contributed by atoms with Crippen LogP contribution in [-0.2, 0) is 34.6 Å². The Hall–Kier alpha value is -1.44. The van der Waals surface area contributed by atoms with Gasteiger partial charge in [-0.1, -0.05) is 69.7 Å². The van der Waals surface area contributed by atoms with E-state index in [1.807, 2.05) is 24.3 Å². The van der Waals surface area contributed by atoms with Crippen molar-refractivity contribution < 1.29 is 4.21 Å². The van der Waals surface area contributed by atoms with Crippen LogP contribution >= 0.6 is 27.7 Å². The Bertz CT molecular complexity index is 908. The molecule has 0 unspecified atom stereocenters. The molecule has 0 amide bonds. The molecule has 0 bridgehead atoms. The molecule has 7 heteroatoms. The highest BCUT2D eigenvalue weighted by Crippen LogP contribution is 2.23. The number of nitrogens with zero attached hydrogens (tertiary/aromatic N) is 3. The van der Waals surface area contributed by atoms with E-state index in [-0.39, 0.29) is 0 Å². The summed E-state index contributed by atoms with van der Waals surface area (Å²) in [5, 5.41) is 9.51. The third kappa shape index (κ3) is 5.77. The molecule has 1 atom stereocenters. The normalized spacial score (nSPS) is 12.3. The first kappa shape index (κ1) is 20.3. The lowest BCUT2D eigenvalue weighted by Gasteiger charge is -2.08. The Kier molecular flexibility index (Phi) is 7.26. The molecule has 4 nitrogen and oxygen atoms in total. The monoisotopic (exact) mass is 463 g/mol. The number of hydrogen-bond acceptors (Lipinski definition) is 4. The number of benzene rings is 2. The highest BCUT2D eigenvalue weighted by Gasteiger charge is 2.14. The number of thioether (sulfide) groups is 1. The second-order valence-electron chi connectivity index (χ2n) is 6.27. The SMILES string of the molecule is CCn1c(C[S@](=O)Cc2ccc(Br)cc2)nnc1SCc1ccc(C)cc1. The predicted molar refractivity (Wildman–Crippen MR) is 116 cm³/mol. The fourth-order valence-corrected chi connectivity index (χ4v) is 5.05. The first-order valence-corrected chi connectivity index (χ1v) is 12.0. The summed E-state index contributed by atoms with van der Waals surface area (Å²) < 4.78 is 15.7. The number of aromatic nitrogens is 3. The quantitative estimate of drug-likeness (QED) is 0.435. The highest BCUT2D eigenvalue weighted by molar-refractivity contribution is 9.10. The number of aryl methyl sites for hydroxylation is 1. The van der Waals surface area contributed by atoms with Gasteiger partial charge < -0.3 is 4.57 Å². The lowest BCUT2D eigenvalue weighted by atomic mass is 10.2. The molecule has 3 aromatic rings. The molecule has 1 aromatic heterocycles. The lowest BCUT2D eigenvalue weighted by molar-refractivity contribution is 0.650. The average Bonchev–Trinajstić information content (AvgIpc) is 3.04. The molecule has 0 spiro atoms.